The molecule has 0 bridgehead atoms. The molecule has 0 aliphatic carbocycles. The van der Waals surface area contributed by atoms with Gasteiger partial charge < -0.3 is 10.1 Å². The van der Waals surface area contributed by atoms with E-state index in [0.717, 1.165) is 33.6 Å². The summed E-state index contributed by atoms with van der Waals surface area (Å²) in [6, 6.07) is 5.90. The minimum absolute atomic E-state index is 0.688. The number of halogens is 1. The first-order valence-electron chi connectivity index (χ1n) is 6.22. The lowest BCUT2D eigenvalue weighted by Gasteiger charge is -2.11. The minimum atomic E-state index is 0.688. The van der Waals surface area contributed by atoms with Crippen molar-refractivity contribution in [3.63, 3.8) is 0 Å². The Morgan fingerprint density at radius 2 is 2.25 bits per heavy atom. The number of nitrogens with one attached hydrogen (secondary N) is 1. The topological polar surface area (TPSA) is 47.0 Å². The van der Waals surface area contributed by atoms with Gasteiger partial charge in [0.05, 0.1) is 17.8 Å². The van der Waals surface area contributed by atoms with Crippen molar-refractivity contribution in [2.75, 3.05) is 20.3 Å². The standard InChI is InChI=1S/C14H16ClN3OS/c1-19-8-7-17-9-11-3-2-4-12(15)14(11)20-13-10-16-5-6-18-13/h2-6,10,17H,7-9H2,1H3. The summed E-state index contributed by atoms with van der Waals surface area (Å²) in [5, 5.41) is 4.88. The molecule has 1 heterocycles. The molecule has 0 unspecified atom stereocenters. The van der Waals surface area contributed by atoms with Crippen LogP contribution in [0.25, 0.3) is 0 Å². The number of methoxy groups -OCH3 is 1. The van der Waals surface area contributed by atoms with Crippen molar-refractivity contribution < 1.29 is 4.74 Å². The van der Waals surface area contributed by atoms with Crippen LogP contribution in [0.2, 0.25) is 5.02 Å². The van der Waals surface area contributed by atoms with E-state index in [4.69, 9.17) is 16.3 Å². The summed E-state index contributed by atoms with van der Waals surface area (Å²) < 4.78 is 5.02. The van der Waals surface area contributed by atoms with Gasteiger partial charge in [-0.25, -0.2) is 4.98 Å². The number of hydrogen-bond donors (Lipinski definition) is 1. The third-order valence-corrected chi connectivity index (χ3v) is 4.13. The van der Waals surface area contributed by atoms with Gasteiger partial charge in [0.2, 0.25) is 0 Å². The van der Waals surface area contributed by atoms with Crippen molar-refractivity contribution in [2.24, 2.45) is 0 Å². The lowest BCUT2D eigenvalue weighted by Crippen LogP contribution is -2.18. The summed E-state index contributed by atoms with van der Waals surface area (Å²) in [7, 11) is 1.69. The highest BCUT2D eigenvalue weighted by molar-refractivity contribution is 7.99. The third kappa shape index (κ3) is 4.45. The van der Waals surface area contributed by atoms with Gasteiger partial charge >= 0.3 is 0 Å². The van der Waals surface area contributed by atoms with E-state index in [9.17, 15) is 0 Å². The zero-order valence-corrected chi connectivity index (χ0v) is 12.7. The first kappa shape index (κ1) is 15.3. The highest BCUT2D eigenvalue weighted by Gasteiger charge is 2.09. The van der Waals surface area contributed by atoms with Crippen LogP contribution < -0.4 is 5.32 Å². The second-order valence-electron chi connectivity index (χ2n) is 4.04. The van der Waals surface area contributed by atoms with E-state index < -0.39 is 0 Å². The molecule has 0 saturated carbocycles. The maximum absolute atomic E-state index is 6.30. The molecular weight excluding hydrogens is 294 g/mol. The normalized spacial score (nSPS) is 10.7. The number of ether oxygens (including phenoxy) is 1. The van der Waals surface area contributed by atoms with Crippen LogP contribution in [0.15, 0.2) is 46.7 Å². The van der Waals surface area contributed by atoms with Crippen LogP contribution in [-0.4, -0.2) is 30.2 Å². The summed E-state index contributed by atoms with van der Waals surface area (Å²) in [4.78, 5) is 9.35. The fourth-order valence-corrected chi connectivity index (χ4v) is 2.83. The molecular formula is C14H16ClN3OS. The van der Waals surface area contributed by atoms with Gasteiger partial charge in [0.25, 0.3) is 0 Å². The van der Waals surface area contributed by atoms with Gasteiger partial charge in [0, 0.05) is 37.5 Å². The smallest absolute Gasteiger partial charge is 0.119 e. The molecule has 0 saturated heterocycles. The van der Waals surface area contributed by atoms with Crippen LogP contribution in [0.1, 0.15) is 5.56 Å². The van der Waals surface area contributed by atoms with Crippen molar-refractivity contribution in [3.8, 4) is 0 Å². The molecule has 0 spiro atoms. The lowest BCUT2D eigenvalue weighted by atomic mass is 10.2. The molecule has 6 heteroatoms. The van der Waals surface area contributed by atoms with E-state index in [1.165, 1.54) is 11.8 Å². The minimum Gasteiger partial charge on any atom is -0.383 e. The van der Waals surface area contributed by atoms with Gasteiger partial charge in [-0.05, 0) is 11.6 Å². The van der Waals surface area contributed by atoms with Crippen LogP contribution in [0.3, 0.4) is 0 Å². The fraction of sp³-hybridized carbons (Fsp3) is 0.286. The SMILES string of the molecule is COCCNCc1cccc(Cl)c1Sc1cnccn1. The highest BCUT2D eigenvalue weighted by atomic mass is 35.5. The zero-order valence-electron chi connectivity index (χ0n) is 11.2. The molecule has 20 heavy (non-hydrogen) atoms. The molecule has 2 rings (SSSR count). The second-order valence-corrected chi connectivity index (χ2v) is 5.48. The van der Waals surface area contributed by atoms with E-state index in [1.807, 2.05) is 12.1 Å². The van der Waals surface area contributed by atoms with Crippen molar-refractivity contribution in [3.05, 3.63) is 47.4 Å². The molecule has 0 aliphatic heterocycles. The molecule has 0 fully saturated rings. The number of aromatic nitrogens is 2. The van der Waals surface area contributed by atoms with Crippen molar-refractivity contribution in [1.82, 2.24) is 15.3 Å². The Morgan fingerprint density at radius 1 is 1.35 bits per heavy atom. The van der Waals surface area contributed by atoms with Crippen LogP contribution in [0.5, 0.6) is 0 Å². The highest BCUT2D eigenvalue weighted by Crippen LogP contribution is 2.34. The summed E-state index contributed by atoms with van der Waals surface area (Å²) in [6.07, 6.45) is 5.07. The Kier molecular flexibility index (Phi) is 6.26. The largest absolute Gasteiger partial charge is 0.383 e. The molecule has 0 amide bonds. The Morgan fingerprint density at radius 3 is 3.00 bits per heavy atom. The maximum Gasteiger partial charge on any atom is 0.119 e. The molecule has 1 aromatic carbocycles. The van der Waals surface area contributed by atoms with Gasteiger partial charge in [-0.15, -0.1) is 0 Å². The van der Waals surface area contributed by atoms with E-state index in [-0.39, 0.29) is 0 Å². The predicted molar refractivity (Wildman–Crippen MR) is 81.2 cm³/mol. The molecule has 1 aromatic heterocycles. The number of rotatable bonds is 7. The predicted octanol–water partition coefficient (Wildman–Crippen LogP) is 3.02. The average Bonchev–Trinajstić information content (AvgIpc) is 2.48. The van der Waals surface area contributed by atoms with Crippen LogP contribution in [0, 0.1) is 0 Å². The Balaban J connectivity index is 2.10. The zero-order chi connectivity index (χ0) is 14.2. The molecule has 0 atom stereocenters. The van der Waals surface area contributed by atoms with Crippen molar-refractivity contribution in [2.45, 2.75) is 16.5 Å². The van der Waals surface area contributed by atoms with Gasteiger partial charge in [0.15, 0.2) is 0 Å². The Bertz CT molecular complexity index is 539. The Hall–Kier alpha value is -1.14. The second kappa shape index (κ2) is 8.21. The number of benzene rings is 1. The first-order chi connectivity index (χ1) is 9.81. The van der Waals surface area contributed by atoms with Crippen molar-refractivity contribution in [1.29, 1.82) is 0 Å². The molecule has 4 nitrogen and oxygen atoms in total. The molecule has 0 aliphatic rings. The van der Waals surface area contributed by atoms with E-state index in [2.05, 4.69) is 21.4 Å². The average molecular weight is 310 g/mol. The van der Waals surface area contributed by atoms with Crippen LogP contribution in [-0.2, 0) is 11.3 Å². The molecule has 1 N–H and O–H groups in total. The van der Waals surface area contributed by atoms with E-state index in [1.54, 1.807) is 25.7 Å². The van der Waals surface area contributed by atoms with E-state index in [0.29, 0.717) is 6.61 Å². The van der Waals surface area contributed by atoms with Gasteiger partial charge in [-0.1, -0.05) is 35.5 Å². The molecule has 106 valence electrons. The summed E-state index contributed by atoms with van der Waals surface area (Å²) in [5.74, 6) is 0. The number of nitrogens with zero attached hydrogens (tertiary/aromatic N) is 2. The quantitative estimate of drug-likeness (QED) is 0.797. The van der Waals surface area contributed by atoms with Crippen LogP contribution in [0.4, 0.5) is 0 Å². The van der Waals surface area contributed by atoms with Gasteiger partial charge in [0.1, 0.15) is 5.03 Å². The van der Waals surface area contributed by atoms with Gasteiger partial charge in [-0.3, -0.25) is 4.98 Å². The number of hydrogen-bond acceptors (Lipinski definition) is 5. The summed E-state index contributed by atoms with van der Waals surface area (Å²) >= 11 is 7.83. The summed E-state index contributed by atoms with van der Waals surface area (Å²) in [5.41, 5.74) is 1.14. The third-order valence-electron chi connectivity index (χ3n) is 2.59. The van der Waals surface area contributed by atoms with Crippen molar-refractivity contribution >= 4 is 23.4 Å². The van der Waals surface area contributed by atoms with E-state index >= 15 is 0 Å². The van der Waals surface area contributed by atoms with Gasteiger partial charge in [-0.2, -0.15) is 0 Å². The molecule has 0 radical (unpaired) electrons. The van der Waals surface area contributed by atoms with Crippen LogP contribution >= 0.6 is 23.4 Å². The first-order valence-corrected chi connectivity index (χ1v) is 7.41. The summed E-state index contributed by atoms with van der Waals surface area (Å²) in [6.45, 7) is 2.23. The fourth-order valence-electron chi connectivity index (χ4n) is 1.65. The molecule has 2 aromatic rings. The lowest BCUT2D eigenvalue weighted by molar-refractivity contribution is 0.199. The monoisotopic (exact) mass is 309 g/mol. The Labute approximate surface area is 127 Å². The maximum atomic E-state index is 6.30.